The van der Waals surface area contributed by atoms with Crippen LogP contribution in [0.1, 0.15) is 24.5 Å². The summed E-state index contributed by atoms with van der Waals surface area (Å²) in [6.45, 7) is 3.57. The zero-order valence-electron chi connectivity index (χ0n) is 18.1. The molecule has 1 amide bonds. The second kappa shape index (κ2) is 9.93. The first-order valence-corrected chi connectivity index (χ1v) is 10.8. The molecule has 4 rings (SSSR count). The van der Waals surface area contributed by atoms with Crippen LogP contribution in [-0.4, -0.2) is 27.0 Å². The Morgan fingerprint density at radius 1 is 1.12 bits per heavy atom. The van der Waals surface area contributed by atoms with Crippen LogP contribution < -0.4 is 5.32 Å². The molecule has 5 heteroatoms. The lowest BCUT2D eigenvalue weighted by molar-refractivity contribution is -0.117. The van der Waals surface area contributed by atoms with Gasteiger partial charge in [0.1, 0.15) is 0 Å². The largest absolute Gasteiger partial charge is 0.352 e. The number of hydrogen-bond donors (Lipinski definition) is 1. The highest BCUT2D eigenvalue weighted by Gasteiger charge is 2.34. The van der Waals surface area contributed by atoms with Gasteiger partial charge in [0.15, 0.2) is 0 Å². The fourth-order valence-corrected chi connectivity index (χ4v) is 3.77. The van der Waals surface area contributed by atoms with Crippen LogP contribution in [0.15, 0.2) is 97.4 Å². The Morgan fingerprint density at radius 3 is 2.69 bits per heavy atom. The summed E-state index contributed by atoms with van der Waals surface area (Å²) in [4.78, 5) is 21.0. The smallest absolute Gasteiger partial charge is 0.250 e. The van der Waals surface area contributed by atoms with Crippen molar-refractivity contribution in [2.45, 2.75) is 25.3 Å². The Morgan fingerprint density at radius 2 is 1.94 bits per heavy atom. The van der Waals surface area contributed by atoms with Crippen LogP contribution in [0, 0.1) is 17.8 Å². The predicted octanol–water partition coefficient (Wildman–Crippen LogP) is 3.91. The van der Waals surface area contributed by atoms with E-state index >= 15 is 0 Å². The molecule has 160 valence electrons. The van der Waals surface area contributed by atoms with E-state index in [1.165, 1.54) is 0 Å². The molecule has 0 bridgehead atoms. The zero-order valence-corrected chi connectivity index (χ0v) is 18.1. The first-order valence-electron chi connectivity index (χ1n) is 10.8. The Kier molecular flexibility index (Phi) is 6.62. The minimum Gasteiger partial charge on any atom is -0.352 e. The molecule has 5 nitrogen and oxygen atoms in total. The maximum absolute atomic E-state index is 12.8. The van der Waals surface area contributed by atoms with Gasteiger partial charge in [-0.3, -0.25) is 9.78 Å². The van der Waals surface area contributed by atoms with Crippen molar-refractivity contribution in [1.82, 2.24) is 19.9 Å². The van der Waals surface area contributed by atoms with Crippen LogP contribution in [0.4, 0.5) is 0 Å². The maximum Gasteiger partial charge on any atom is 0.250 e. The molecule has 1 aromatic carbocycles. The number of hydrogen-bond acceptors (Lipinski definition) is 3. The molecule has 0 aliphatic heterocycles. The van der Waals surface area contributed by atoms with Crippen LogP contribution in [0.5, 0.6) is 0 Å². The first kappa shape index (κ1) is 21.3. The summed E-state index contributed by atoms with van der Waals surface area (Å²) in [6.07, 6.45) is 15.9. The lowest BCUT2D eigenvalue weighted by Gasteiger charge is -2.34. The number of carbonyl (C=O) groups is 1. The molecule has 32 heavy (non-hydrogen) atoms. The number of nitrogens with zero attached hydrogens (tertiary/aromatic N) is 3. The quantitative estimate of drug-likeness (QED) is 0.484. The normalized spacial score (nSPS) is 19.5. The number of nitrogens with one attached hydrogen (secondary N) is 1. The number of pyridine rings is 1. The lowest BCUT2D eigenvalue weighted by Crippen LogP contribution is -2.33. The Labute approximate surface area is 188 Å². The van der Waals surface area contributed by atoms with E-state index in [1.54, 1.807) is 24.9 Å². The van der Waals surface area contributed by atoms with Gasteiger partial charge in [-0.05, 0) is 36.2 Å². The fourth-order valence-electron chi connectivity index (χ4n) is 3.77. The summed E-state index contributed by atoms with van der Waals surface area (Å²) in [5.74, 6) is 6.47. The third kappa shape index (κ3) is 5.04. The Hall–Kier alpha value is -3.91. The Balaban J connectivity index is 1.51. The monoisotopic (exact) mass is 422 g/mol. The van der Waals surface area contributed by atoms with E-state index in [4.69, 9.17) is 0 Å². The van der Waals surface area contributed by atoms with Crippen molar-refractivity contribution in [2.75, 3.05) is 6.54 Å². The van der Waals surface area contributed by atoms with Gasteiger partial charge >= 0.3 is 0 Å². The lowest BCUT2D eigenvalue weighted by atomic mass is 9.69. The molecule has 0 fully saturated rings. The maximum atomic E-state index is 12.8. The van der Waals surface area contributed by atoms with Gasteiger partial charge in [-0.1, -0.05) is 55.2 Å². The van der Waals surface area contributed by atoms with Gasteiger partial charge in [0.2, 0.25) is 0 Å². The SMILES string of the molecule is CC1(c2ccncc2)C=CC(C(=O)NCCCn2ccnc2)=CC1C#Cc1ccccc1. The second-order valence-electron chi connectivity index (χ2n) is 8.00. The Bertz CT molecular complexity index is 1150. The van der Waals surface area contributed by atoms with E-state index in [1.807, 2.05) is 65.4 Å². The van der Waals surface area contributed by atoms with Crippen molar-refractivity contribution >= 4 is 5.91 Å². The number of imidazole rings is 1. The van der Waals surface area contributed by atoms with E-state index < -0.39 is 0 Å². The number of benzene rings is 1. The number of rotatable bonds is 6. The molecular formula is C27H26N4O. The standard InChI is InChI=1S/C27H26N4O/c1-27(24-11-15-28-16-12-24)13-10-23(20-25(27)9-8-22-6-3-2-4-7-22)26(32)30-14-5-18-31-19-17-29-21-31/h2-4,6-7,10-13,15-17,19-21,25H,5,14,18H2,1H3,(H,30,32). The van der Waals surface area contributed by atoms with E-state index in [0.29, 0.717) is 12.1 Å². The molecule has 2 unspecified atom stereocenters. The topological polar surface area (TPSA) is 59.8 Å². The number of aryl methyl sites for hydroxylation is 1. The molecule has 1 aliphatic carbocycles. The summed E-state index contributed by atoms with van der Waals surface area (Å²) in [6, 6.07) is 13.9. The van der Waals surface area contributed by atoms with E-state index in [0.717, 1.165) is 24.1 Å². The highest BCUT2D eigenvalue weighted by molar-refractivity contribution is 5.96. The molecule has 2 atom stereocenters. The number of allylic oxidation sites excluding steroid dienone is 2. The highest BCUT2D eigenvalue weighted by atomic mass is 16.1. The van der Waals surface area contributed by atoms with Gasteiger partial charge in [-0.2, -0.15) is 0 Å². The average molecular weight is 423 g/mol. The third-order valence-corrected chi connectivity index (χ3v) is 5.75. The van der Waals surface area contributed by atoms with Crippen molar-refractivity contribution in [2.24, 2.45) is 5.92 Å². The van der Waals surface area contributed by atoms with Crippen molar-refractivity contribution in [1.29, 1.82) is 0 Å². The number of amides is 1. The molecular weight excluding hydrogens is 396 g/mol. The molecule has 0 saturated heterocycles. The van der Waals surface area contributed by atoms with Gasteiger partial charge in [0.25, 0.3) is 5.91 Å². The highest BCUT2D eigenvalue weighted by Crippen LogP contribution is 2.38. The second-order valence-corrected chi connectivity index (χ2v) is 8.00. The van der Waals surface area contributed by atoms with Crippen LogP contribution in [0.25, 0.3) is 0 Å². The van der Waals surface area contributed by atoms with Gasteiger partial charge in [-0.25, -0.2) is 4.98 Å². The minimum atomic E-state index is -0.351. The van der Waals surface area contributed by atoms with Gasteiger partial charge in [-0.15, -0.1) is 0 Å². The molecule has 1 aliphatic rings. The molecule has 0 radical (unpaired) electrons. The van der Waals surface area contributed by atoms with Crippen LogP contribution >= 0.6 is 0 Å². The average Bonchev–Trinajstić information content (AvgIpc) is 3.36. The van der Waals surface area contributed by atoms with E-state index in [-0.39, 0.29) is 17.2 Å². The summed E-state index contributed by atoms with van der Waals surface area (Å²) >= 11 is 0. The van der Waals surface area contributed by atoms with E-state index in [9.17, 15) is 4.79 Å². The molecule has 2 heterocycles. The summed E-state index contributed by atoms with van der Waals surface area (Å²) < 4.78 is 2.00. The fraction of sp³-hybridized carbons (Fsp3) is 0.222. The molecule has 0 saturated carbocycles. The summed E-state index contributed by atoms with van der Waals surface area (Å²) in [7, 11) is 0. The third-order valence-electron chi connectivity index (χ3n) is 5.75. The summed E-state index contributed by atoms with van der Waals surface area (Å²) in [5.41, 5.74) is 2.37. The van der Waals surface area contributed by atoms with Gasteiger partial charge in [0.05, 0.1) is 12.2 Å². The van der Waals surface area contributed by atoms with Crippen LogP contribution in [0.2, 0.25) is 0 Å². The van der Waals surface area contributed by atoms with E-state index in [2.05, 4.69) is 40.1 Å². The molecule has 1 N–H and O–H groups in total. The van der Waals surface area contributed by atoms with Crippen molar-refractivity contribution in [3.05, 3.63) is 109 Å². The molecule has 0 spiro atoms. The van der Waals surface area contributed by atoms with Crippen molar-refractivity contribution < 1.29 is 4.79 Å². The van der Waals surface area contributed by atoms with Crippen LogP contribution in [-0.2, 0) is 16.8 Å². The van der Waals surface area contributed by atoms with Gasteiger partial charge in [0, 0.05) is 54.4 Å². The predicted molar refractivity (Wildman–Crippen MR) is 125 cm³/mol. The number of aromatic nitrogens is 3. The minimum absolute atomic E-state index is 0.0739. The number of carbonyl (C=O) groups excluding carboxylic acids is 1. The van der Waals surface area contributed by atoms with Crippen molar-refractivity contribution in [3.8, 4) is 11.8 Å². The van der Waals surface area contributed by atoms with Crippen molar-refractivity contribution in [3.63, 3.8) is 0 Å². The van der Waals surface area contributed by atoms with Gasteiger partial charge < -0.3 is 9.88 Å². The zero-order chi connectivity index (χ0) is 22.2. The van der Waals surface area contributed by atoms with Crippen LogP contribution in [0.3, 0.4) is 0 Å². The molecule has 3 aromatic rings. The summed E-state index contributed by atoms with van der Waals surface area (Å²) in [5, 5.41) is 3.03. The molecule has 2 aromatic heterocycles. The first-order chi connectivity index (χ1) is 15.6.